The second kappa shape index (κ2) is 8.74. The van der Waals surface area contributed by atoms with Crippen LogP contribution in [0.15, 0.2) is 83.8 Å². The van der Waals surface area contributed by atoms with Crippen LogP contribution in [0, 0.1) is 5.82 Å². The fraction of sp³-hybridized carbons (Fsp3) is 0.0952. The van der Waals surface area contributed by atoms with Gasteiger partial charge in [0.25, 0.3) is 10.0 Å². The van der Waals surface area contributed by atoms with Gasteiger partial charge in [0.1, 0.15) is 18.1 Å². The van der Waals surface area contributed by atoms with Gasteiger partial charge >= 0.3 is 0 Å². The molecule has 0 aliphatic rings. The molecular weight excluding hydrogens is 395 g/mol. The van der Waals surface area contributed by atoms with Crippen molar-refractivity contribution in [2.75, 3.05) is 23.3 Å². The van der Waals surface area contributed by atoms with Crippen molar-refractivity contribution in [3.05, 3.63) is 84.7 Å². The zero-order valence-electron chi connectivity index (χ0n) is 15.6. The maximum atomic E-state index is 13.3. The Morgan fingerprint density at radius 1 is 0.966 bits per heavy atom. The summed E-state index contributed by atoms with van der Waals surface area (Å²) in [5.74, 6) is -0.812. The molecule has 6 nitrogen and oxygen atoms in total. The fourth-order valence-electron chi connectivity index (χ4n) is 2.72. The minimum Gasteiger partial charge on any atom is -0.495 e. The quantitative estimate of drug-likeness (QED) is 0.640. The van der Waals surface area contributed by atoms with E-state index in [0.717, 1.165) is 28.6 Å². The lowest BCUT2D eigenvalue weighted by Crippen LogP contribution is -2.38. The Morgan fingerprint density at radius 3 is 2.24 bits per heavy atom. The van der Waals surface area contributed by atoms with Crippen LogP contribution < -0.4 is 14.4 Å². The van der Waals surface area contributed by atoms with E-state index in [4.69, 9.17) is 4.74 Å². The lowest BCUT2D eigenvalue weighted by molar-refractivity contribution is -0.114. The van der Waals surface area contributed by atoms with Gasteiger partial charge in [-0.3, -0.25) is 9.10 Å². The third-order valence-electron chi connectivity index (χ3n) is 4.10. The van der Waals surface area contributed by atoms with E-state index in [2.05, 4.69) is 5.32 Å². The molecule has 0 bridgehead atoms. The van der Waals surface area contributed by atoms with Gasteiger partial charge in [0, 0.05) is 5.69 Å². The Bertz CT molecular complexity index is 1090. The molecule has 0 atom stereocenters. The van der Waals surface area contributed by atoms with Gasteiger partial charge in [-0.25, -0.2) is 12.8 Å². The first kappa shape index (κ1) is 20.3. The van der Waals surface area contributed by atoms with E-state index >= 15 is 0 Å². The zero-order chi connectivity index (χ0) is 20.9. The van der Waals surface area contributed by atoms with E-state index in [1.807, 2.05) is 0 Å². The summed E-state index contributed by atoms with van der Waals surface area (Å²) >= 11 is 0. The molecule has 0 heterocycles. The lowest BCUT2D eigenvalue weighted by atomic mass is 10.3. The summed E-state index contributed by atoms with van der Waals surface area (Å²) in [4.78, 5) is 12.5. The molecule has 3 aromatic rings. The molecule has 0 aliphatic heterocycles. The molecule has 0 radical (unpaired) electrons. The standard InChI is InChI=1S/C21H19FN2O4S/c1-28-20-10-6-5-9-19(20)24(15-21(25)23-17-7-3-2-4-8-17)29(26,27)18-13-11-16(22)12-14-18/h2-14H,15H2,1H3,(H,23,25). The number of nitrogens with zero attached hydrogens (tertiary/aromatic N) is 1. The first-order valence-corrected chi connectivity index (χ1v) is 10.1. The van der Waals surface area contributed by atoms with Crippen LogP contribution in [0.5, 0.6) is 5.75 Å². The van der Waals surface area contributed by atoms with Gasteiger partial charge in [0.15, 0.2) is 0 Å². The molecular formula is C21H19FN2O4S. The van der Waals surface area contributed by atoms with Crippen LogP contribution in [-0.2, 0) is 14.8 Å². The predicted molar refractivity (Wildman–Crippen MR) is 109 cm³/mol. The fourth-order valence-corrected chi connectivity index (χ4v) is 4.15. The maximum Gasteiger partial charge on any atom is 0.264 e. The molecule has 1 N–H and O–H groups in total. The molecule has 8 heteroatoms. The molecule has 3 rings (SSSR count). The summed E-state index contributed by atoms with van der Waals surface area (Å²) in [6.45, 7) is -0.491. The summed E-state index contributed by atoms with van der Waals surface area (Å²) in [6, 6.07) is 19.6. The highest BCUT2D eigenvalue weighted by Gasteiger charge is 2.29. The number of para-hydroxylation sites is 3. The van der Waals surface area contributed by atoms with Gasteiger partial charge in [-0.2, -0.15) is 0 Å². The smallest absolute Gasteiger partial charge is 0.264 e. The number of sulfonamides is 1. The van der Waals surface area contributed by atoms with Gasteiger partial charge in [-0.15, -0.1) is 0 Å². The molecule has 0 saturated heterocycles. The third kappa shape index (κ3) is 4.72. The maximum absolute atomic E-state index is 13.3. The monoisotopic (exact) mass is 414 g/mol. The highest BCUT2D eigenvalue weighted by Crippen LogP contribution is 2.32. The molecule has 0 spiro atoms. The molecule has 0 fully saturated rings. The number of benzene rings is 3. The van der Waals surface area contributed by atoms with Gasteiger partial charge in [0.05, 0.1) is 17.7 Å². The van der Waals surface area contributed by atoms with Crippen molar-refractivity contribution in [3.63, 3.8) is 0 Å². The normalized spacial score (nSPS) is 11.0. The summed E-state index contributed by atoms with van der Waals surface area (Å²) in [6.07, 6.45) is 0. The number of halogens is 1. The van der Waals surface area contributed by atoms with E-state index in [-0.39, 0.29) is 16.3 Å². The minimum absolute atomic E-state index is 0.141. The molecule has 0 aliphatic carbocycles. The van der Waals surface area contributed by atoms with Crippen molar-refractivity contribution in [2.24, 2.45) is 0 Å². The van der Waals surface area contributed by atoms with Crippen molar-refractivity contribution < 1.29 is 22.3 Å². The van der Waals surface area contributed by atoms with Gasteiger partial charge < -0.3 is 10.1 Å². The van der Waals surface area contributed by atoms with E-state index in [9.17, 15) is 17.6 Å². The van der Waals surface area contributed by atoms with Gasteiger partial charge in [0.2, 0.25) is 5.91 Å². The first-order valence-electron chi connectivity index (χ1n) is 8.68. The number of hydrogen-bond acceptors (Lipinski definition) is 4. The SMILES string of the molecule is COc1ccccc1N(CC(=O)Nc1ccccc1)S(=O)(=O)c1ccc(F)cc1. The lowest BCUT2D eigenvalue weighted by Gasteiger charge is -2.25. The summed E-state index contributed by atoms with van der Waals surface area (Å²) in [5.41, 5.74) is 0.735. The van der Waals surface area contributed by atoms with Crippen molar-refractivity contribution in [1.82, 2.24) is 0 Å². The number of hydrogen-bond donors (Lipinski definition) is 1. The molecule has 1 amide bonds. The predicted octanol–water partition coefficient (Wildman–Crippen LogP) is 3.67. The Kier molecular flexibility index (Phi) is 6.13. The number of rotatable bonds is 7. The Hall–Kier alpha value is -3.39. The summed E-state index contributed by atoms with van der Waals surface area (Å²) < 4.78 is 46.0. The highest BCUT2D eigenvalue weighted by molar-refractivity contribution is 7.92. The van der Waals surface area contributed by atoms with Crippen LogP contribution in [0.1, 0.15) is 0 Å². The minimum atomic E-state index is -4.16. The number of carbonyl (C=O) groups is 1. The highest BCUT2D eigenvalue weighted by atomic mass is 32.2. The van der Waals surface area contributed by atoms with Crippen molar-refractivity contribution in [2.45, 2.75) is 4.90 Å². The Morgan fingerprint density at radius 2 is 1.59 bits per heavy atom. The number of anilines is 2. The van der Waals surface area contributed by atoms with Crippen LogP contribution in [0.3, 0.4) is 0 Å². The number of methoxy groups -OCH3 is 1. The first-order chi connectivity index (χ1) is 13.9. The van der Waals surface area contributed by atoms with E-state index in [1.54, 1.807) is 48.5 Å². The van der Waals surface area contributed by atoms with Crippen LogP contribution in [0.25, 0.3) is 0 Å². The van der Waals surface area contributed by atoms with E-state index < -0.39 is 28.3 Å². The number of amides is 1. The molecule has 150 valence electrons. The van der Waals surface area contributed by atoms with Crippen molar-refractivity contribution >= 4 is 27.3 Å². The Labute approximate surface area is 168 Å². The average molecular weight is 414 g/mol. The van der Waals surface area contributed by atoms with Crippen molar-refractivity contribution in [1.29, 1.82) is 0 Å². The Balaban J connectivity index is 2.00. The van der Waals surface area contributed by atoms with E-state index in [1.165, 1.54) is 13.2 Å². The van der Waals surface area contributed by atoms with Crippen LogP contribution in [0.4, 0.5) is 15.8 Å². The molecule has 3 aromatic carbocycles. The van der Waals surface area contributed by atoms with Gasteiger partial charge in [-0.1, -0.05) is 30.3 Å². The average Bonchev–Trinajstić information content (AvgIpc) is 2.73. The van der Waals surface area contributed by atoms with Crippen LogP contribution in [0.2, 0.25) is 0 Å². The topological polar surface area (TPSA) is 75.7 Å². The second-order valence-corrected chi connectivity index (χ2v) is 7.91. The summed E-state index contributed by atoms with van der Waals surface area (Å²) in [5, 5.41) is 2.67. The van der Waals surface area contributed by atoms with Crippen molar-refractivity contribution in [3.8, 4) is 5.75 Å². The van der Waals surface area contributed by atoms with Gasteiger partial charge in [-0.05, 0) is 48.5 Å². The zero-order valence-corrected chi connectivity index (χ0v) is 16.4. The molecule has 0 aromatic heterocycles. The molecule has 0 unspecified atom stereocenters. The van der Waals surface area contributed by atoms with Crippen LogP contribution in [-0.4, -0.2) is 28.0 Å². The molecule has 29 heavy (non-hydrogen) atoms. The largest absolute Gasteiger partial charge is 0.495 e. The van der Waals surface area contributed by atoms with E-state index in [0.29, 0.717) is 5.69 Å². The number of nitrogens with one attached hydrogen (secondary N) is 1. The van der Waals surface area contributed by atoms with Crippen LogP contribution >= 0.6 is 0 Å². The molecule has 0 saturated carbocycles. The summed E-state index contributed by atoms with van der Waals surface area (Å²) in [7, 11) is -2.76. The number of carbonyl (C=O) groups excluding carboxylic acids is 1. The third-order valence-corrected chi connectivity index (χ3v) is 5.87. The second-order valence-electron chi connectivity index (χ2n) is 6.05. The number of ether oxygens (including phenoxy) is 1.